The molecule has 0 radical (unpaired) electrons. The zero-order valence-corrected chi connectivity index (χ0v) is 18.4. The number of nitrogens with one attached hydrogen (secondary N) is 1. The number of hydrogen-bond donors (Lipinski definition) is 1. The van der Waals surface area contributed by atoms with E-state index < -0.39 is 18.5 Å². The van der Waals surface area contributed by atoms with Crippen molar-refractivity contribution in [3.63, 3.8) is 0 Å². The second kappa shape index (κ2) is 7.99. The van der Waals surface area contributed by atoms with Crippen molar-refractivity contribution in [3.05, 3.63) is 71.3 Å². The third kappa shape index (κ3) is 3.53. The van der Waals surface area contributed by atoms with E-state index in [-0.39, 0.29) is 41.0 Å². The van der Waals surface area contributed by atoms with E-state index in [2.05, 4.69) is 5.32 Å². The number of anilines is 2. The van der Waals surface area contributed by atoms with Gasteiger partial charge in [0.2, 0.25) is 11.8 Å². The van der Waals surface area contributed by atoms with Crippen molar-refractivity contribution < 1.29 is 23.9 Å². The number of imide groups is 1. The molecular formula is C26H24N2O5. The highest BCUT2D eigenvalue weighted by Gasteiger charge is 2.59. The fourth-order valence-corrected chi connectivity index (χ4v) is 5.33. The number of nitrogens with zero attached hydrogens (tertiary/aromatic N) is 1. The lowest BCUT2D eigenvalue weighted by Crippen LogP contribution is -2.33. The van der Waals surface area contributed by atoms with Gasteiger partial charge in [-0.25, -0.2) is 9.69 Å². The number of rotatable bonds is 5. The SMILES string of the molecule is Cc1cccc(C)c1NC(=O)COC(=O)c1cccc(N2C(=O)[C@@H]3[C@@H](C2=O)[C@H]2C=C[C@H]3C2)c1. The van der Waals surface area contributed by atoms with E-state index in [4.69, 9.17) is 4.74 Å². The zero-order valence-electron chi connectivity index (χ0n) is 18.4. The second-order valence-electron chi connectivity index (χ2n) is 8.95. The Bertz CT molecular complexity index is 1170. The highest BCUT2D eigenvalue weighted by Crippen LogP contribution is 2.53. The maximum absolute atomic E-state index is 13.0. The Morgan fingerprint density at radius 2 is 1.58 bits per heavy atom. The fraction of sp³-hybridized carbons (Fsp3) is 0.308. The van der Waals surface area contributed by atoms with Gasteiger partial charge in [0.25, 0.3) is 5.91 Å². The lowest BCUT2D eigenvalue weighted by molar-refractivity contribution is -0.123. The number of carbonyl (C=O) groups is 4. The van der Waals surface area contributed by atoms with E-state index in [9.17, 15) is 19.2 Å². The van der Waals surface area contributed by atoms with Crippen molar-refractivity contribution in [1.82, 2.24) is 0 Å². The largest absolute Gasteiger partial charge is 0.452 e. The summed E-state index contributed by atoms with van der Waals surface area (Å²) in [5, 5.41) is 2.77. The van der Waals surface area contributed by atoms with Crippen LogP contribution in [0.4, 0.5) is 11.4 Å². The third-order valence-electron chi connectivity index (χ3n) is 6.89. The van der Waals surface area contributed by atoms with Gasteiger partial charge in [-0.3, -0.25) is 14.4 Å². The summed E-state index contributed by atoms with van der Waals surface area (Å²) in [6.07, 6.45) is 4.94. The van der Waals surface area contributed by atoms with Gasteiger partial charge in [-0.05, 0) is 61.4 Å². The Morgan fingerprint density at radius 1 is 0.970 bits per heavy atom. The quantitative estimate of drug-likeness (QED) is 0.433. The summed E-state index contributed by atoms with van der Waals surface area (Å²) in [5.41, 5.74) is 3.05. The van der Waals surface area contributed by atoms with E-state index in [1.807, 2.05) is 44.2 Å². The molecule has 0 aromatic heterocycles. The molecule has 4 atom stereocenters. The van der Waals surface area contributed by atoms with Crippen LogP contribution in [0.3, 0.4) is 0 Å². The maximum Gasteiger partial charge on any atom is 0.338 e. The molecule has 2 aromatic carbocycles. The Labute approximate surface area is 191 Å². The predicted octanol–water partition coefficient (Wildman–Crippen LogP) is 3.41. The predicted molar refractivity (Wildman–Crippen MR) is 121 cm³/mol. The molecule has 168 valence electrons. The van der Waals surface area contributed by atoms with E-state index in [1.54, 1.807) is 12.1 Å². The van der Waals surface area contributed by atoms with Crippen LogP contribution in [-0.2, 0) is 19.1 Å². The standard InChI is InChI=1S/C26H24N2O5/c1-14-5-3-6-15(2)23(14)27-20(29)13-33-26(32)18-7-4-8-19(12-18)28-24(30)21-16-9-10-17(11-16)22(21)25(28)31/h3-10,12,16-17,21-22H,11,13H2,1-2H3,(H,27,29)/t16-,17-,21-,22-/m0/s1. The van der Waals surface area contributed by atoms with Gasteiger partial charge in [0.05, 0.1) is 23.1 Å². The summed E-state index contributed by atoms with van der Waals surface area (Å²) in [5.74, 6) is -1.95. The van der Waals surface area contributed by atoms with Crippen molar-refractivity contribution in [1.29, 1.82) is 0 Å². The molecule has 1 N–H and O–H groups in total. The summed E-state index contributed by atoms with van der Waals surface area (Å²) < 4.78 is 5.18. The van der Waals surface area contributed by atoms with Gasteiger partial charge >= 0.3 is 5.97 Å². The average Bonchev–Trinajstić information content (AvgIpc) is 3.48. The van der Waals surface area contributed by atoms with Crippen molar-refractivity contribution >= 4 is 35.1 Å². The van der Waals surface area contributed by atoms with Gasteiger partial charge in [-0.15, -0.1) is 0 Å². The van der Waals surface area contributed by atoms with Crippen molar-refractivity contribution in [3.8, 4) is 0 Å². The fourth-order valence-electron chi connectivity index (χ4n) is 5.33. The molecule has 2 bridgehead atoms. The number of fused-ring (bicyclic) bond motifs is 5. The molecule has 1 saturated carbocycles. The van der Waals surface area contributed by atoms with Crippen LogP contribution in [0.5, 0.6) is 0 Å². The van der Waals surface area contributed by atoms with E-state index in [0.717, 1.165) is 17.5 Å². The van der Waals surface area contributed by atoms with E-state index in [1.165, 1.54) is 17.0 Å². The van der Waals surface area contributed by atoms with Crippen molar-refractivity contribution in [2.45, 2.75) is 20.3 Å². The molecule has 7 heteroatoms. The van der Waals surface area contributed by atoms with Gasteiger partial charge in [0, 0.05) is 5.69 Å². The topological polar surface area (TPSA) is 92.8 Å². The Balaban J connectivity index is 1.26. The molecule has 2 fully saturated rings. The van der Waals surface area contributed by atoms with Crippen molar-refractivity contribution in [2.75, 3.05) is 16.8 Å². The minimum atomic E-state index is -0.700. The maximum atomic E-state index is 13.0. The Kier molecular flexibility index (Phi) is 5.12. The summed E-state index contributed by atoms with van der Waals surface area (Å²) in [6.45, 7) is 3.32. The lowest BCUT2D eigenvalue weighted by atomic mass is 9.85. The molecule has 3 aliphatic rings. The highest BCUT2D eigenvalue weighted by molar-refractivity contribution is 6.23. The number of para-hydroxylation sites is 1. The number of hydrogen-bond acceptors (Lipinski definition) is 5. The van der Waals surface area contributed by atoms with Crippen LogP contribution >= 0.6 is 0 Å². The minimum absolute atomic E-state index is 0.116. The van der Waals surface area contributed by atoms with Gasteiger partial charge in [0.15, 0.2) is 6.61 Å². The Morgan fingerprint density at radius 3 is 2.21 bits per heavy atom. The number of esters is 1. The van der Waals surface area contributed by atoms with Crippen LogP contribution < -0.4 is 10.2 Å². The first-order chi connectivity index (χ1) is 15.8. The molecule has 2 aromatic rings. The molecule has 3 amide bonds. The normalized spacial score (nSPS) is 24.8. The van der Waals surface area contributed by atoms with Crippen LogP contribution in [0, 0.1) is 37.5 Å². The summed E-state index contributed by atoms with van der Waals surface area (Å²) in [7, 11) is 0. The molecular weight excluding hydrogens is 420 g/mol. The van der Waals surface area contributed by atoms with Crippen LogP contribution in [0.1, 0.15) is 27.9 Å². The van der Waals surface area contributed by atoms with Gasteiger partial charge in [-0.1, -0.05) is 36.4 Å². The smallest absolute Gasteiger partial charge is 0.338 e. The first kappa shape index (κ1) is 21.1. The van der Waals surface area contributed by atoms with Crippen LogP contribution in [0.2, 0.25) is 0 Å². The number of carbonyl (C=O) groups excluding carboxylic acids is 4. The van der Waals surface area contributed by atoms with Gasteiger partial charge in [0.1, 0.15) is 0 Å². The summed E-state index contributed by atoms with van der Waals surface area (Å²) >= 11 is 0. The van der Waals surface area contributed by atoms with E-state index in [0.29, 0.717) is 11.4 Å². The number of allylic oxidation sites excluding steroid dienone is 2. The minimum Gasteiger partial charge on any atom is -0.452 e. The summed E-state index contributed by atoms with van der Waals surface area (Å²) in [4.78, 5) is 52.1. The third-order valence-corrected chi connectivity index (χ3v) is 6.89. The highest BCUT2D eigenvalue weighted by atomic mass is 16.5. The van der Waals surface area contributed by atoms with Crippen LogP contribution in [0.25, 0.3) is 0 Å². The molecule has 1 saturated heterocycles. The summed E-state index contributed by atoms with van der Waals surface area (Å²) in [6, 6.07) is 11.9. The Hall–Kier alpha value is -3.74. The molecule has 1 aliphatic heterocycles. The lowest BCUT2D eigenvalue weighted by Gasteiger charge is -2.18. The number of aryl methyl sites for hydroxylation is 2. The van der Waals surface area contributed by atoms with Crippen molar-refractivity contribution in [2.24, 2.45) is 23.7 Å². The molecule has 2 aliphatic carbocycles. The van der Waals surface area contributed by atoms with Gasteiger partial charge < -0.3 is 10.1 Å². The van der Waals surface area contributed by atoms with Crippen LogP contribution in [0.15, 0.2) is 54.6 Å². The number of benzene rings is 2. The molecule has 7 nitrogen and oxygen atoms in total. The second-order valence-corrected chi connectivity index (χ2v) is 8.95. The molecule has 0 unspecified atom stereocenters. The number of amides is 3. The van der Waals surface area contributed by atoms with E-state index >= 15 is 0 Å². The molecule has 1 heterocycles. The first-order valence-electron chi connectivity index (χ1n) is 11.0. The first-order valence-corrected chi connectivity index (χ1v) is 11.0. The number of ether oxygens (including phenoxy) is 1. The molecule has 5 rings (SSSR count). The van der Waals surface area contributed by atoms with Gasteiger partial charge in [-0.2, -0.15) is 0 Å². The average molecular weight is 444 g/mol. The molecule has 0 spiro atoms. The monoisotopic (exact) mass is 444 g/mol. The van der Waals surface area contributed by atoms with Crippen LogP contribution in [-0.4, -0.2) is 30.3 Å². The zero-order chi connectivity index (χ0) is 23.3. The molecule has 33 heavy (non-hydrogen) atoms.